The zero-order valence-corrected chi connectivity index (χ0v) is 20.6. The third kappa shape index (κ3) is 6.07. The van der Waals surface area contributed by atoms with Crippen molar-refractivity contribution in [3.05, 3.63) is 45.1 Å². The Bertz CT molecular complexity index is 1100. The zero-order valence-electron chi connectivity index (χ0n) is 19.8. The van der Waals surface area contributed by atoms with Gasteiger partial charge < -0.3 is 24.6 Å². The lowest BCUT2D eigenvalue weighted by molar-refractivity contribution is -0.137. The van der Waals surface area contributed by atoms with E-state index in [1.165, 1.54) is 11.3 Å². The summed E-state index contributed by atoms with van der Waals surface area (Å²) < 4.78 is 51.4. The van der Waals surface area contributed by atoms with Crippen molar-refractivity contribution in [3.63, 3.8) is 0 Å². The molecule has 2 amide bonds. The van der Waals surface area contributed by atoms with E-state index in [2.05, 4.69) is 5.32 Å². The molecule has 7 nitrogen and oxygen atoms in total. The van der Waals surface area contributed by atoms with E-state index in [-0.39, 0.29) is 5.69 Å². The number of carbonyl (C=O) groups is 2. The highest BCUT2D eigenvalue weighted by molar-refractivity contribution is 7.10. The summed E-state index contributed by atoms with van der Waals surface area (Å²) in [7, 11) is 0. The van der Waals surface area contributed by atoms with Gasteiger partial charge in [0.2, 0.25) is 0 Å². The second-order valence-corrected chi connectivity index (χ2v) is 10.5. The molecular formula is C24H28F3N3O4S. The van der Waals surface area contributed by atoms with E-state index in [0.29, 0.717) is 57.1 Å². The standard InChI is InChI=1S/C24H28F3N3O4S/c1-23(2,3)34-22(32)30-5-4-18-19(14-35-20(18)13-30)21(31)28-16-10-15(24(25,26)27)11-17(12-16)29-6-8-33-9-7-29/h10-12,14H,4-9,13H2,1-3H3,(H,28,31). The second kappa shape index (κ2) is 9.69. The number of thiophene rings is 1. The van der Waals surface area contributed by atoms with Gasteiger partial charge in [0.15, 0.2) is 0 Å². The van der Waals surface area contributed by atoms with Crippen LogP contribution in [0.1, 0.15) is 47.1 Å². The van der Waals surface area contributed by atoms with Crippen LogP contribution in [-0.4, -0.2) is 55.3 Å². The number of fused-ring (bicyclic) bond motifs is 1. The molecule has 4 rings (SSSR count). The van der Waals surface area contributed by atoms with Crippen LogP contribution in [-0.2, 0) is 28.6 Å². The number of ether oxygens (including phenoxy) is 2. The molecule has 0 unspecified atom stereocenters. The molecule has 35 heavy (non-hydrogen) atoms. The smallest absolute Gasteiger partial charge is 0.416 e. The summed E-state index contributed by atoms with van der Waals surface area (Å²) in [6, 6.07) is 3.60. The number of benzene rings is 1. The summed E-state index contributed by atoms with van der Waals surface area (Å²) >= 11 is 1.35. The van der Waals surface area contributed by atoms with Gasteiger partial charge in [-0.3, -0.25) is 4.79 Å². The molecule has 190 valence electrons. The fourth-order valence-corrected chi connectivity index (χ4v) is 5.14. The lowest BCUT2D eigenvalue weighted by atomic mass is 10.0. The molecule has 1 aromatic heterocycles. The first-order valence-electron chi connectivity index (χ1n) is 11.3. The first-order valence-corrected chi connectivity index (χ1v) is 12.2. The first-order chi connectivity index (χ1) is 16.4. The van der Waals surface area contributed by atoms with Gasteiger partial charge >= 0.3 is 12.3 Å². The lowest BCUT2D eigenvalue weighted by Crippen LogP contribution is -2.39. The monoisotopic (exact) mass is 511 g/mol. The summed E-state index contributed by atoms with van der Waals surface area (Å²) in [4.78, 5) is 29.7. The topological polar surface area (TPSA) is 71.1 Å². The van der Waals surface area contributed by atoms with E-state index in [1.807, 2.05) is 4.90 Å². The molecule has 0 aliphatic carbocycles. The molecule has 0 spiro atoms. The molecule has 0 bridgehead atoms. The minimum atomic E-state index is -4.55. The number of amides is 2. The van der Waals surface area contributed by atoms with Gasteiger partial charge in [0.25, 0.3) is 5.91 Å². The number of anilines is 2. The maximum Gasteiger partial charge on any atom is 0.416 e. The number of alkyl halides is 3. The summed E-state index contributed by atoms with van der Waals surface area (Å²) in [5.41, 5.74) is 0.267. The van der Waals surface area contributed by atoms with Crippen molar-refractivity contribution in [2.75, 3.05) is 43.1 Å². The molecule has 1 saturated heterocycles. The van der Waals surface area contributed by atoms with E-state index in [1.54, 1.807) is 37.1 Å². The van der Waals surface area contributed by atoms with Gasteiger partial charge in [-0.15, -0.1) is 11.3 Å². The summed E-state index contributed by atoms with van der Waals surface area (Å²) in [6.45, 7) is 7.92. The average Bonchev–Trinajstić information content (AvgIpc) is 3.21. The Kier molecular flexibility index (Phi) is 7.01. The third-order valence-electron chi connectivity index (χ3n) is 5.72. The van der Waals surface area contributed by atoms with Crippen LogP contribution in [0.25, 0.3) is 0 Å². The highest BCUT2D eigenvalue weighted by Crippen LogP contribution is 2.36. The van der Waals surface area contributed by atoms with E-state index in [4.69, 9.17) is 9.47 Å². The van der Waals surface area contributed by atoms with Crippen molar-refractivity contribution in [1.29, 1.82) is 0 Å². The summed E-state index contributed by atoms with van der Waals surface area (Å²) in [5.74, 6) is -0.472. The third-order valence-corrected chi connectivity index (χ3v) is 6.74. The normalized spacial score (nSPS) is 16.6. The van der Waals surface area contributed by atoms with E-state index in [9.17, 15) is 22.8 Å². The minimum Gasteiger partial charge on any atom is -0.444 e. The Labute approximate surface area is 205 Å². The van der Waals surface area contributed by atoms with Crippen LogP contribution in [0.3, 0.4) is 0 Å². The summed E-state index contributed by atoms with van der Waals surface area (Å²) in [5, 5.41) is 4.35. The van der Waals surface area contributed by atoms with Crippen molar-refractivity contribution >= 4 is 34.7 Å². The zero-order chi connectivity index (χ0) is 25.4. The molecule has 2 aromatic rings. The van der Waals surface area contributed by atoms with Gasteiger partial charge in [-0.05, 0) is 51.0 Å². The number of carbonyl (C=O) groups excluding carboxylic acids is 2. The van der Waals surface area contributed by atoms with Crippen molar-refractivity contribution in [2.24, 2.45) is 0 Å². The lowest BCUT2D eigenvalue weighted by Gasteiger charge is -2.30. The number of halogens is 3. The van der Waals surface area contributed by atoms with Crippen LogP contribution >= 0.6 is 11.3 Å². The van der Waals surface area contributed by atoms with Crippen LogP contribution in [0.4, 0.5) is 29.3 Å². The predicted octanol–water partition coefficient (Wildman–Crippen LogP) is 5.15. The molecule has 11 heteroatoms. The van der Waals surface area contributed by atoms with E-state index >= 15 is 0 Å². The van der Waals surface area contributed by atoms with Gasteiger partial charge in [-0.2, -0.15) is 13.2 Å². The van der Waals surface area contributed by atoms with Gasteiger partial charge in [0.1, 0.15) is 5.60 Å². The Hall–Kier alpha value is -2.79. The number of rotatable bonds is 3. The Morgan fingerprint density at radius 2 is 1.80 bits per heavy atom. The fraction of sp³-hybridized carbons (Fsp3) is 0.500. The molecule has 1 aromatic carbocycles. The van der Waals surface area contributed by atoms with E-state index < -0.39 is 29.3 Å². The molecule has 1 N–H and O–H groups in total. The van der Waals surface area contributed by atoms with Gasteiger partial charge in [0.05, 0.1) is 30.9 Å². The summed E-state index contributed by atoms with van der Waals surface area (Å²) in [6.07, 6.45) is -4.50. The van der Waals surface area contributed by atoms with Crippen LogP contribution in [0.2, 0.25) is 0 Å². The second-order valence-electron chi connectivity index (χ2n) is 9.52. The number of nitrogens with one attached hydrogen (secondary N) is 1. The highest BCUT2D eigenvalue weighted by atomic mass is 32.1. The number of nitrogens with zero attached hydrogens (tertiary/aromatic N) is 2. The van der Waals surface area contributed by atoms with Crippen LogP contribution in [0.15, 0.2) is 23.6 Å². The molecule has 0 radical (unpaired) electrons. The molecular weight excluding hydrogens is 483 g/mol. The SMILES string of the molecule is CC(C)(C)OC(=O)N1CCc2c(C(=O)Nc3cc(N4CCOCC4)cc(C(F)(F)F)c3)csc2C1. The molecule has 1 fully saturated rings. The molecule has 2 aliphatic heterocycles. The van der Waals surface area contributed by atoms with Crippen molar-refractivity contribution in [3.8, 4) is 0 Å². The first kappa shape index (κ1) is 25.3. The van der Waals surface area contributed by atoms with E-state index in [0.717, 1.165) is 22.6 Å². The largest absolute Gasteiger partial charge is 0.444 e. The van der Waals surface area contributed by atoms with Crippen LogP contribution in [0, 0.1) is 0 Å². The molecule has 3 heterocycles. The van der Waals surface area contributed by atoms with Gasteiger partial charge in [-0.25, -0.2) is 4.79 Å². The molecule has 2 aliphatic rings. The molecule has 0 saturated carbocycles. The number of morpholine rings is 1. The highest BCUT2D eigenvalue weighted by Gasteiger charge is 2.33. The quantitative estimate of drug-likeness (QED) is 0.617. The van der Waals surface area contributed by atoms with Crippen molar-refractivity contribution in [1.82, 2.24) is 4.90 Å². The van der Waals surface area contributed by atoms with Gasteiger partial charge in [0, 0.05) is 41.3 Å². The maximum absolute atomic E-state index is 13.6. The predicted molar refractivity (Wildman–Crippen MR) is 127 cm³/mol. The number of hydrogen-bond acceptors (Lipinski definition) is 6. The van der Waals surface area contributed by atoms with Crippen LogP contribution < -0.4 is 10.2 Å². The van der Waals surface area contributed by atoms with Crippen LogP contribution in [0.5, 0.6) is 0 Å². The van der Waals surface area contributed by atoms with Crippen molar-refractivity contribution in [2.45, 2.75) is 45.5 Å². The Balaban J connectivity index is 1.52. The minimum absolute atomic E-state index is 0.0810. The number of hydrogen-bond donors (Lipinski definition) is 1. The van der Waals surface area contributed by atoms with Gasteiger partial charge in [-0.1, -0.05) is 0 Å². The maximum atomic E-state index is 13.6. The Morgan fingerprint density at radius 1 is 1.09 bits per heavy atom. The molecule has 0 atom stereocenters. The fourth-order valence-electron chi connectivity index (χ4n) is 4.05. The Morgan fingerprint density at radius 3 is 2.46 bits per heavy atom. The average molecular weight is 512 g/mol. The van der Waals surface area contributed by atoms with Crippen molar-refractivity contribution < 1.29 is 32.2 Å².